The molecule has 1 saturated heterocycles. The summed E-state index contributed by atoms with van der Waals surface area (Å²) in [5.74, 6) is 1.63. The van der Waals surface area contributed by atoms with Crippen LogP contribution >= 0.6 is 11.6 Å². The van der Waals surface area contributed by atoms with Gasteiger partial charge >= 0.3 is 0 Å². The molecule has 3 heterocycles. The lowest BCUT2D eigenvalue weighted by Crippen LogP contribution is -2.43. The van der Waals surface area contributed by atoms with E-state index in [0.717, 1.165) is 60.8 Å². The smallest absolute Gasteiger partial charge is 0.229 e. The molecule has 0 aliphatic carbocycles. The van der Waals surface area contributed by atoms with Gasteiger partial charge in [0.05, 0.1) is 30.0 Å². The van der Waals surface area contributed by atoms with E-state index < -0.39 is 0 Å². The molecule has 1 aliphatic rings. The van der Waals surface area contributed by atoms with Gasteiger partial charge < -0.3 is 25.6 Å². The van der Waals surface area contributed by atoms with E-state index in [-0.39, 0.29) is 0 Å². The summed E-state index contributed by atoms with van der Waals surface area (Å²) in [6.45, 7) is 6.05. The van der Waals surface area contributed by atoms with Crippen LogP contribution in [0.1, 0.15) is 12.5 Å². The highest BCUT2D eigenvalue weighted by molar-refractivity contribution is 6.32. The minimum absolute atomic E-state index is 0.407. The summed E-state index contributed by atoms with van der Waals surface area (Å²) in [6, 6.07) is 9.92. The summed E-state index contributed by atoms with van der Waals surface area (Å²) >= 11 is 6.40. The van der Waals surface area contributed by atoms with E-state index in [0.29, 0.717) is 16.8 Å². The summed E-state index contributed by atoms with van der Waals surface area (Å²) in [4.78, 5) is 20.0. The molecule has 180 valence electrons. The van der Waals surface area contributed by atoms with Gasteiger partial charge in [-0.25, -0.2) is 4.98 Å². The number of aryl methyl sites for hydroxylation is 1. The Balaban J connectivity index is 1.42. The molecular weight excluding hydrogens is 464 g/mol. The molecule has 9 nitrogen and oxygen atoms in total. The zero-order valence-corrected chi connectivity index (χ0v) is 20.4. The topological polar surface area (TPSA) is 100 Å². The Labute approximate surface area is 208 Å². The summed E-state index contributed by atoms with van der Waals surface area (Å²) < 4.78 is 5.72. The predicted octanol–water partition coefficient (Wildman–Crippen LogP) is 4.54. The molecule has 5 rings (SSSR count). The maximum atomic E-state index is 6.40. The van der Waals surface area contributed by atoms with Gasteiger partial charge in [0, 0.05) is 56.0 Å². The molecule has 0 radical (unpaired) electrons. The summed E-state index contributed by atoms with van der Waals surface area (Å²) in [7, 11) is 1.67. The van der Waals surface area contributed by atoms with Gasteiger partial charge in [0.2, 0.25) is 5.95 Å². The maximum Gasteiger partial charge on any atom is 0.229 e. The fourth-order valence-corrected chi connectivity index (χ4v) is 4.32. The van der Waals surface area contributed by atoms with Crippen LogP contribution in [0.4, 0.5) is 28.8 Å². The van der Waals surface area contributed by atoms with Gasteiger partial charge in [-0.1, -0.05) is 18.5 Å². The third-order valence-corrected chi connectivity index (χ3v) is 6.24. The number of hydrogen-bond donors (Lipinski definition) is 3. The van der Waals surface area contributed by atoms with E-state index in [1.165, 1.54) is 11.3 Å². The van der Waals surface area contributed by atoms with Crippen LogP contribution in [0.2, 0.25) is 5.02 Å². The zero-order chi connectivity index (χ0) is 24.2. The number of benzene rings is 2. The number of halogens is 1. The minimum Gasteiger partial charge on any atom is -0.494 e. The second-order valence-corrected chi connectivity index (χ2v) is 8.58. The zero-order valence-electron chi connectivity index (χ0n) is 19.7. The number of aromatic nitrogens is 4. The van der Waals surface area contributed by atoms with Gasteiger partial charge in [-0.3, -0.25) is 9.97 Å². The number of piperazine rings is 1. The van der Waals surface area contributed by atoms with E-state index in [1.54, 1.807) is 25.7 Å². The average molecular weight is 491 g/mol. The highest BCUT2D eigenvalue weighted by atomic mass is 35.5. The number of methoxy groups -OCH3 is 1. The normalized spacial score (nSPS) is 13.6. The first-order valence-electron chi connectivity index (χ1n) is 11.6. The molecule has 0 spiro atoms. The van der Waals surface area contributed by atoms with E-state index >= 15 is 0 Å². The molecule has 4 aromatic rings. The van der Waals surface area contributed by atoms with Crippen LogP contribution in [-0.4, -0.2) is 53.2 Å². The Morgan fingerprint density at radius 2 is 1.83 bits per heavy atom. The summed E-state index contributed by atoms with van der Waals surface area (Å²) in [5, 5.41) is 10.4. The molecule has 35 heavy (non-hydrogen) atoms. The Morgan fingerprint density at radius 1 is 1.03 bits per heavy atom. The van der Waals surface area contributed by atoms with Crippen LogP contribution in [-0.2, 0) is 6.42 Å². The van der Waals surface area contributed by atoms with Gasteiger partial charge in [-0.15, -0.1) is 0 Å². The first-order valence-corrected chi connectivity index (χ1v) is 12.0. The molecule has 0 unspecified atom stereocenters. The van der Waals surface area contributed by atoms with Crippen molar-refractivity contribution in [1.82, 2.24) is 25.3 Å². The van der Waals surface area contributed by atoms with Crippen molar-refractivity contribution in [2.45, 2.75) is 13.3 Å². The lowest BCUT2D eigenvalue weighted by Gasteiger charge is -2.31. The molecule has 0 saturated carbocycles. The number of nitrogens with one attached hydrogen (secondary N) is 3. The molecule has 0 bridgehead atoms. The molecule has 3 N–H and O–H groups in total. The highest BCUT2D eigenvalue weighted by Crippen LogP contribution is 2.36. The fourth-order valence-electron chi connectivity index (χ4n) is 4.18. The van der Waals surface area contributed by atoms with Crippen LogP contribution in [0.25, 0.3) is 11.0 Å². The van der Waals surface area contributed by atoms with Crippen molar-refractivity contribution in [3.05, 3.63) is 59.5 Å². The highest BCUT2D eigenvalue weighted by Gasteiger charge is 2.18. The number of rotatable bonds is 7. The standard InChI is InChI=1S/C25H27ClN8O/c1-3-16-12-21(23(35-2)14-22(16)34-10-8-27-9-11-34)32-25-30-15-18(26)24(33-25)31-17-4-5-19-20(13-17)29-7-6-28-19/h4-7,12-15,27H,3,8-11H2,1-2H3,(H2,30,31,32,33). The van der Waals surface area contributed by atoms with Crippen molar-refractivity contribution >= 4 is 51.5 Å². The van der Waals surface area contributed by atoms with Crippen LogP contribution in [0.5, 0.6) is 5.75 Å². The third kappa shape index (κ3) is 5.06. The predicted molar refractivity (Wildman–Crippen MR) is 141 cm³/mol. The monoisotopic (exact) mass is 490 g/mol. The number of anilines is 5. The van der Waals surface area contributed by atoms with Gasteiger partial charge in [0.1, 0.15) is 10.8 Å². The Bertz CT molecular complexity index is 1340. The first kappa shape index (κ1) is 23.1. The van der Waals surface area contributed by atoms with Crippen molar-refractivity contribution < 1.29 is 4.74 Å². The Kier molecular flexibility index (Phi) is 6.78. The quantitative estimate of drug-likeness (QED) is 0.344. The van der Waals surface area contributed by atoms with Crippen molar-refractivity contribution in [1.29, 1.82) is 0 Å². The largest absolute Gasteiger partial charge is 0.494 e. The number of hydrogen-bond acceptors (Lipinski definition) is 9. The minimum atomic E-state index is 0.407. The van der Waals surface area contributed by atoms with Gasteiger partial charge in [0.15, 0.2) is 5.82 Å². The van der Waals surface area contributed by atoms with Crippen molar-refractivity contribution in [3.8, 4) is 5.75 Å². The molecular formula is C25H27ClN8O. The van der Waals surface area contributed by atoms with E-state index in [9.17, 15) is 0 Å². The average Bonchev–Trinajstić information content (AvgIpc) is 2.90. The van der Waals surface area contributed by atoms with Crippen molar-refractivity contribution in [2.75, 3.05) is 48.8 Å². The molecule has 0 amide bonds. The third-order valence-electron chi connectivity index (χ3n) is 5.96. The lowest BCUT2D eigenvalue weighted by molar-refractivity contribution is 0.416. The maximum absolute atomic E-state index is 6.40. The molecule has 2 aromatic heterocycles. The van der Waals surface area contributed by atoms with Crippen molar-refractivity contribution in [2.24, 2.45) is 0 Å². The Morgan fingerprint density at radius 3 is 2.60 bits per heavy atom. The van der Waals surface area contributed by atoms with Crippen molar-refractivity contribution in [3.63, 3.8) is 0 Å². The SMILES string of the molecule is CCc1cc(Nc2ncc(Cl)c(Nc3ccc4nccnc4c3)n2)c(OC)cc1N1CCNCC1. The van der Waals surface area contributed by atoms with E-state index in [4.69, 9.17) is 16.3 Å². The van der Waals surface area contributed by atoms with Gasteiger partial charge in [-0.05, 0) is 36.2 Å². The molecule has 2 aromatic carbocycles. The molecule has 10 heteroatoms. The van der Waals surface area contributed by atoms with Crippen LogP contribution < -0.4 is 25.6 Å². The molecule has 1 fully saturated rings. The first-order chi connectivity index (χ1) is 17.1. The summed E-state index contributed by atoms with van der Waals surface area (Å²) in [6.07, 6.45) is 5.81. The Hall–Kier alpha value is -3.69. The van der Waals surface area contributed by atoms with E-state index in [1.807, 2.05) is 18.2 Å². The molecule has 0 atom stereocenters. The summed E-state index contributed by atoms with van der Waals surface area (Å²) in [5.41, 5.74) is 5.64. The van der Waals surface area contributed by atoms with Gasteiger partial charge in [-0.2, -0.15) is 4.98 Å². The second-order valence-electron chi connectivity index (χ2n) is 8.17. The van der Waals surface area contributed by atoms with Crippen LogP contribution in [0.3, 0.4) is 0 Å². The number of nitrogens with zero attached hydrogens (tertiary/aromatic N) is 5. The second kappa shape index (κ2) is 10.3. The van der Waals surface area contributed by atoms with Crippen LogP contribution in [0, 0.1) is 0 Å². The van der Waals surface area contributed by atoms with E-state index in [2.05, 4.69) is 59.8 Å². The van der Waals surface area contributed by atoms with Gasteiger partial charge in [0.25, 0.3) is 0 Å². The molecule has 1 aliphatic heterocycles. The van der Waals surface area contributed by atoms with Crippen LogP contribution in [0.15, 0.2) is 48.9 Å². The lowest BCUT2D eigenvalue weighted by atomic mass is 10.1. The fraction of sp³-hybridized carbons (Fsp3) is 0.280. The number of fused-ring (bicyclic) bond motifs is 1. The number of ether oxygens (including phenoxy) is 1.